The number of hydrogen-bond donors (Lipinski definition) is 1. The molecule has 0 aliphatic rings. The largest absolute Gasteiger partial charge is 0.315 e. The zero-order valence-corrected chi connectivity index (χ0v) is 11.2. The number of hydrogen-bond acceptors (Lipinski definition) is 2. The summed E-state index contributed by atoms with van der Waals surface area (Å²) in [5.74, 6) is 0. The maximum atomic E-state index is 3.43. The van der Waals surface area contributed by atoms with Gasteiger partial charge in [-0.1, -0.05) is 30.7 Å². The molecular weight excluding hydrogens is 196 g/mol. The van der Waals surface area contributed by atoms with E-state index in [-0.39, 0.29) is 0 Å². The highest BCUT2D eigenvalue weighted by molar-refractivity contribution is 5.33. The summed E-state index contributed by atoms with van der Waals surface area (Å²) in [6, 6.07) is 7.16. The lowest BCUT2D eigenvalue weighted by atomic mass is 9.98. The Morgan fingerprint density at radius 2 is 1.94 bits per heavy atom. The summed E-state index contributed by atoms with van der Waals surface area (Å²) >= 11 is 0. The lowest BCUT2D eigenvalue weighted by molar-refractivity contribution is 0.289. The van der Waals surface area contributed by atoms with Crippen LogP contribution in [0, 0.1) is 13.8 Å². The fourth-order valence-corrected chi connectivity index (χ4v) is 1.97. The van der Waals surface area contributed by atoms with E-state index in [1.165, 1.54) is 16.7 Å². The van der Waals surface area contributed by atoms with E-state index in [2.05, 4.69) is 63.3 Å². The van der Waals surface area contributed by atoms with Crippen molar-refractivity contribution in [1.82, 2.24) is 10.2 Å². The van der Waals surface area contributed by atoms with Gasteiger partial charge in [0.15, 0.2) is 0 Å². The van der Waals surface area contributed by atoms with Gasteiger partial charge in [-0.05, 0) is 45.6 Å². The summed E-state index contributed by atoms with van der Waals surface area (Å²) in [6.07, 6.45) is 0. The SMILES string of the molecule is CCNCC(c1cc(C)ccc1C)N(C)C. The Labute approximate surface area is 99.7 Å². The molecule has 0 saturated heterocycles. The first-order valence-electron chi connectivity index (χ1n) is 6.00. The topological polar surface area (TPSA) is 15.3 Å². The molecule has 1 N–H and O–H groups in total. The number of aryl methyl sites for hydroxylation is 2. The van der Waals surface area contributed by atoms with Crippen LogP contribution in [0.2, 0.25) is 0 Å². The fraction of sp³-hybridized carbons (Fsp3) is 0.571. The van der Waals surface area contributed by atoms with Gasteiger partial charge in [0.25, 0.3) is 0 Å². The first-order valence-corrected chi connectivity index (χ1v) is 6.00. The molecule has 0 amide bonds. The van der Waals surface area contributed by atoms with Gasteiger partial charge < -0.3 is 10.2 Å². The summed E-state index contributed by atoms with van der Waals surface area (Å²) in [5, 5.41) is 3.43. The van der Waals surface area contributed by atoms with Crippen LogP contribution in [-0.4, -0.2) is 32.1 Å². The first-order chi connectivity index (χ1) is 7.56. The summed E-state index contributed by atoms with van der Waals surface area (Å²) in [4.78, 5) is 2.28. The second kappa shape index (κ2) is 6.02. The maximum Gasteiger partial charge on any atom is 0.0469 e. The monoisotopic (exact) mass is 220 g/mol. The average Bonchev–Trinajstić information content (AvgIpc) is 2.23. The molecule has 2 heteroatoms. The van der Waals surface area contributed by atoms with Crippen molar-refractivity contribution in [2.45, 2.75) is 26.8 Å². The molecule has 0 fully saturated rings. The third-order valence-corrected chi connectivity index (χ3v) is 3.00. The van der Waals surface area contributed by atoms with E-state index in [1.54, 1.807) is 0 Å². The van der Waals surface area contributed by atoms with Gasteiger partial charge in [0.1, 0.15) is 0 Å². The molecule has 0 aromatic heterocycles. The second-order valence-corrected chi connectivity index (χ2v) is 4.65. The summed E-state index contributed by atoms with van der Waals surface area (Å²) in [7, 11) is 4.29. The van der Waals surface area contributed by atoms with Crippen LogP contribution in [0.3, 0.4) is 0 Å². The number of benzene rings is 1. The molecule has 0 aliphatic heterocycles. The van der Waals surface area contributed by atoms with Crippen molar-refractivity contribution >= 4 is 0 Å². The van der Waals surface area contributed by atoms with Crippen LogP contribution in [0.1, 0.15) is 29.7 Å². The number of nitrogens with one attached hydrogen (secondary N) is 1. The van der Waals surface area contributed by atoms with E-state index >= 15 is 0 Å². The van der Waals surface area contributed by atoms with E-state index in [0.717, 1.165) is 13.1 Å². The lowest BCUT2D eigenvalue weighted by Gasteiger charge is -2.26. The highest BCUT2D eigenvalue weighted by Crippen LogP contribution is 2.22. The van der Waals surface area contributed by atoms with Crippen LogP contribution >= 0.6 is 0 Å². The Balaban J connectivity index is 2.95. The Kier molecular flexibility index (Phi) is 4.97. The normalized spacial score (nSPS) is 13.1. The van der Waals surface area contributed by atoms with Gasteiger partial charge in [-0.15, -0.1) is 0 Å². The Bertz CT molecular complexity index is 332. The van der Waals surface area contributed by atoms with Crippen molar-refractivity contribution in [3.8, 4) is 0 Å². The van der Waals surface area contributed by atoms with Crippen LogP contribution in [0.4, 0.5) is 0 Å². The van der Waals surface area contributed by atoms with E-state index in [1.807, 2.05) is 0 Å². The molecule has 1 atom stereocenters. The van der Waals surface area contributed by atoms with Crippen LogP contribution < -0.4 is 5.32 Å². The molecule has 0 aliphatic carbocycles. The molecule has 1 aromatic carbocycles. The maximum absolute atomic E-state index is 3.43. The molecular formula is C14H24N2. The Morgan fingerprint density at radius 1 is 1.25 bits per heavy atom. The molecule has 1 unspecified atom stereocenters. The predicted molar refractivity (Wildman–Crippen MR) is 70.9 cm³/mol. The van der Waals surface area contributed by atoms with Gasteiger partial charge >= 0.3 is 0 Å². The second-order valence-electron chi connectivity index (χ2n) is 4.65. The number of nitrogens with zero attached hydrogens (tertiary/aromatic N) is 1. The van der Waals surface area contributed by atoms with Crippen molar-refractivity contribution in [3.63, 3.8) is 0 Å². The van der Waals surface area contributed by atoms with Gasteiger partial charge in [-0.3, -0.25) is 0 Å². The van der Waals surface area contributed by atoms with Crippen LogP contribution in [0.25, 0.3) is 0 Å². The third-order valence-electron chi connectivity index (χ3n) is 3.00. The van der Waals surface area contributed by atoms with E-state index < -0.39 is 0 Å². The summed E-state index contributed by atoms with van der Waals surface area (Å²) < 4.78 is 0. The molecule has 0 radical (unpaired) electrons. The average molecular weight is 220 g/mol. The molecule has 0 spiro atoms. The number of rotatable bonds is 5. The zero-order chi connectivity index (χ0) is 12.1. The van der Waals surface area contributed by atoms with Crippen molar-refractivity contribution in [3.05, 3.63) is 34.9 Å². The minimum atomic E-state index is 0.458. The van der Waals surface area contributed by atoms with Gasteiger partial charge in [0, 0.05) is 12.6 Å². The molecule has 0 bridgehead atoms. The van der Waals surface area contributed by atoms with Crippen LogP contribution in [-0.2, 0) is 0 Å². The zero-order valence-electron chi connectivity index (χ0n) is 11.2. The highest BCUT2D eigenvalue weighted by atomic mass is 15.1. The number of likely N-dealkylation sites (N-methyl/N-ethyl adjacent to an activating group) is 2. The predicted octanol–water partition coefficient (Wildman–Crippen LogP) is 2.52. The van der Waals surface area contributed by atoms with Gasteiger partial charge in [-0.25, -0.2) is 0 Å². The molecule has 16 heavy (non-hydrogen) atoms. The third kappa shape index (κ3) is 3.32. The molecule has 1 aromatic rings. The minimum Gasteiger partial charge on any atom is -0.315 e. The van der Waals surface area contributed by atoms with Crippen molar-refractivity contribution in [1.29, 1.82) is 0 Å². The van der Waals surface area contributed by atoms with Crippen molar-refractivity contribution in [2.24, 2.45) is 0 Å². The Hall–Kier alpha value is -0.860. The van der Waals surface area contributed by atoms with Gasteiger partial charge in [-0.2, -0.15) is 0 Å². The van der Waals surface area contributed by atoms with Gasteiger partial charge in [0.05, 0.1) is 0 Å². The fourth-order valence-electron chi connectivity index (χ4n) is 1.97. The molecule has 2 nitrogen and oxygen atoms in total. The Morgan fingerprint density at radius 3 is 2.50 bits per heavy atom. The van der Waals surface area contributed by atoms with E-state index in [4.69, 9.17) is 0 Å². The van der Waals surface area contributed by atoms with Crippen LogP contribution in [0.5, 0.6) is 0 Å². The molecule has 0 saturated carbocycles. The van der Waals surface area contributed by atoms with E-state index in [9.17, 15) is 0 Å². The van der Waals surface area contributed by atoms with Crippen LogP contribution in [0.15, 0.2) is 18.2 Å². The standard InChI is InChI=1S/C14H24N2/c1-6-15-10-14(16(4)5)13-9-11(2)7-8-12(13)3/h7-9,14-15H,6,10H2,1-5H3. The summed E-state index contributed by atoms with van der Waals surface area (Å²) in [6.45, 7) is 8.53. The van der Waals surface area contributed by atoms with Crippen molar-refractivity contribution in [2.75, 3.05) is 27.2 Å². The highest BCUT2D eigenvalue weighted by Gasteiger charge is 2.15. The smallest absolute Gasteiger partial charge is 0.0469 e. The van der Waals surface area contributed by atoms with E-state index in [0.29, 0.717) is 6.04 Å². The molecule has 1 rings (SSSR count). The quantitative estimate of drug-likeness (QED) is 0.820. The van der Waals surface area contributed by atoms with Crippen molar-refractivity contribution < 1.29 is 0 Å². The van der Waals surface area contributed by atoms with Gasteiger partial charge in [0.2, 0.25) is 0 Å². The molecule has 0 heterocycles. The molecule has 90 valence electrons. The summed E-state index contributed by atoms with van der Waals surface area (Å²) in [5.41, 5.74) is 4.15. The first kappa shape index (κ1) is 13.2. The minimum absolute atomic E-state index is 0.458. The lowest BCUT2D eigenvalue weighted by Crippen LogP contribution is -2.31.